The quantitative estimate of drug-likeness (QED) is 0.799. The first-order valence-corrected chi connectivity index (χ1v) is 5.72. The molecule has 0 aliphatic carbocycles. The molecule has 2 aromatic rings. The molecular weight excluding hydrogens is 279 g/mol. The number of hydrogen-bond donors (Lipinski definition) is 0. The van der Waals surface area contributed by atoms with E-state index in [2.05, 4.69) is 15.9 Å². The lowest BCUT2D eigenvalue weighted by Crippen LogP contribution is -2.06. The van der Waals surface area contributed by atoms with Crippen LogP contribution in [-0.4, -0.2) is 0 Å². The van der Waals surface area contributed by atoms with Crippen molar-refractivity contribution >= 4 is 38.5 Å². The van der Waals surface area contributed by atoms with Gasteiger partial charge in [-0.25, -0.2) is 0 Å². The minimum absolute atomic E-state index is 0.112. The van der Waals surface area contributed by atoms with Crippen LogP contribution in [0.2, 0.25) is 5.02 Å². The summed E-state index contributed by atoms with van der Waals surface area (Å²) < 4.78 is 6.04. The van der Waals surface area contributed by atoms with E-state index < -0.39 is 0 Å². The summed E-state index contributed by atoms with van der Waals surface area (Å²) in [4.78, 5) is 11.9. The first kappa shape index (κ1) is 10.7. The molecule has 0 saturated carbocycles. The lowest BCUT2D eigenvalue weighted by atomic mass is 10.2. The molecule has 0 aliphatic rings. The largest absolute Gasteiger partial charge is 0.460 e. The van der Waals surface area contributed by atoms with E-state index in [1.54, 1.807) is 18.2 Å². The van der Waals surface area contributed by atoms with Crippen LogP contribution in [0.4, 0.5) is 0 Å². The van der Waals surface area contributed by atoms with Gasteiger partial charge in [0, 0.05) is 6.42 Å². The summed E-state index contributed by atoms with van der Waals surface area (Å²) in [5.74, 6) is 0.648. The van der Waals surface area contributed by atoms with Gasteiger partial charge in [0.05, 0.1) is 10.4 Å². The van der Waals surface area contributed by atoms with Gasteiger partial charge in [-0.05, 0) is 28.1 Å². The minimum atomic E-state index is -0.112. The maximum absolute atomic E-state index is 11.9. The normalized spacial score (nSPS) is 10.9. The molecule has 2 nitrogen and oxygen atoms in total. The predicted molar refractivity (Wildman–Crippen MR) is 64.6 cm³/mol. The average Bonchev–Trinajstić information content (AvgIpc) is 2.23. The van der Waals surface area contributed by atoms with Crippen molar-refractivity contribution in [1.29, 1.82) is 0 Å². The Labute approximate surface area is 100.0 Å². The summed E-state index contributed by atoms with van der Waals surface area (Å²) in [6.45, 7) is 1.93. The van der Waals surface area contributed by atoms with E-state index in [0.717, 1.165) is 0 Å². The van der Waals surface area contributed by atoms with Crippen LogP contribution < -0.4 is 5.43 Å². The summed E-state index contributed by atoms with van der Waals surface area (Å²) in [5.41, 5.74) is 0.422. The summed E-state index contributed by atoms with van der Waals surface area (Å²) >= 11 is 9.18. The first-order valence-electron chi connectivity index (χ1n) is 4.55. The Hall–Kier alpha value is -0.800. The van der Waals surface area contributed by atoms with Gasteiger partial charge in [0.25, 0.3) is 0 Å². The molecule has 1 aromatic heterocycles. The third kappa shape index (κ3) is 1.70. The van der Waals surface area contributed by atoms with Crippen molar-refractivity contribution in [3.63, 3.8) is 0 Å². The van der Waals surface area contributed by atoms with E-state index in [1.165, 1.54) is 0 Å². The van der Waals surface area contributed by atoms with Crippen molar-refractivity contribution in [2.24, 2.45) is 0 Å². The Morgan fingerprint density at radius 3 is 2.87 bits per heavy atom. The Morgan fingerprint density at radius 1 is 1.47 bits per heavy atom. The van der Waals surface area contributed by atoms with E-state index in [0.29, 0.717) is 32.6 Å². The molecule has 0 fully saturated rings. The van der Waals surface area contributed by atoms with E-state index in [9.17, 15) is 4.79 Å². The molecular formula is C11H8BrClO2. The number of hydrogen-bond acceptors (Lipinski definition) is 2. The van der Waals surface area contributed by atoms with E-state index in [4.69, 9.17) is 16.0 Å². The molecule has 0 spiro atoms. The van der Waals surface area contributed by atoms with Crippen LogP contribution >= 0.6 is 27.5 Å². The topological polar surface area (TPSA) is 30.2 Å². The maximum Gasteiger partial charge on any atom is 0.208 e. The second-order valence-corrected chi connectivity index (χ2v) is 4.34. The Balaban J connectivity index is 2.98. The maximum atomic E-state index is 11.9. The zero-order chi connectivity index (χ0) is 11.0. The van der Waals surface area contributed by atoms with Gasteiger partial charge in [0.15, 0.2) is 0 Å². The lowest BCUT2D eigenvalue weighted by Gasteiger charge is -2.04. The fourth-order valence-electron chi connectivity index (χ4n) is 1.45. The second kappa shape index (κ2) is 3.99. The van der Waals surface area contributed by atoms with Crippen LogP contribution in [0, 0.1) is 0 Å². The van der Waals surface area contributed by atoms with Gasteiger partial charge in [-0.2, -0.15) is 0 Å². The summed E-state index contributed by atoms with van der Waals surface area (Å²) in [6, 6.07) is 5.19. The monoisotopic (exact) mass is 286 g/mol. The Bertz CT molecular complexity index is 575. The molecule has 0 radical (unpaired) electrons. The van der Waals surface area contributed by atoms with E-state index in [-0.39, 0.29) is 5.43 Å². The van der Waals surface area contributed by atoms with Crippen molar-refractivity contribution in [3.8, 4) is 0 Å². The second-order valence-electron chi connectivity index (χ2n) is 3.13. The van der Waals surface area contributed by atoms with Gasteiger partial charge in [-0.15, -0.1) is 0 Å². The zero-order valence-electron chi connectivity index (χ0n) is 8.01. The Kier molecular flexibility index (Phi) is 2.85. The number of benzene rings is 1. The molecule has 15 heavy (non-hydrogen) atoms. The fraction of sp³-hybridized carbons (Fsp3) is 0.182. The third-order valence-electron chi connectivity index (χ3n) is 2.20. The molecule has 0 bridgehead atoms. The highest BCUT2D eigenvalue weighted by Crippen LogP contribution is 2.25. The van der Waals surface area contributed by atoms with Gasteiger partial charge in [0.2, 0.25) is 5.43 Å². The molecule has 78 valence electrons. The standard InChI is InChI=1S/C11H8BrClO2/c1-2-7-10(12)11(14)9-6(13)4-3-5-8(9)15-7/h3-5H,2H2,1H3. The molecule has 0 N–H and O–H groups in total. The minimum Gasteiger partial charge on any atom is -0.460 e. The molecule has 0 aliphatic heterocycles. The predicted octanol–water partition coefficient (Wildman–Crippen LogP) is 3.77. The average molecular weight is 288 g/mol. The SMILES string of the molecule is CCc1oc2cccc(Cl)c2c(=O)c1Br. The van der Waals surface area contributed by atoms with Crippen LogP contribution in [0.15, 0.2) is 31.9 Å². The van der Waals surface area contributed by atoms with Crippen molar-refractivity contribution in [3.05, 3.63) is 43.7 Å². The molecule has 0 unspecified atom stereocenters. The van der Waals surface area contributed by atoms with Gasteiger partial charge >= 0.3 is 0 Å². The highest BCUT2D eigenvalue weighted by atomic mass is 79.9. The van der Waals surface area contributed by atoms with Gasteiger partial charge in [0.1, 0.15) is 15.8 Å². The van der Waals surface area contributed by atoms with Gasteiger partial charge in [-0.3, -0.25) is 4.79 Å². The van der Waals surface area contributed by atoms with E-state index in [1.807, 2.05) is 6.92 Å². The van der Waals surface area contributed by atoms with Crippen molar-refractivity contribution in [2.45, 2.75) is 13.3 Å². The van der Waals surface area contributed by atoms with Crippen molar-refractivity contribution < 1.29 is 4.42 Å². The van der Waals surface area contributed by atoms with Gasteiger partial charge < -0.3 is 4.42 Å². The molecule has 2 rings (SSSR count). The molecule has 0 atom stereocenters. The van der Waals surface area contributed by atoms with Crippen LogP contribution in [0.5, 0.6) is 0 Å². The third-order valence-corrected chi connectivity index (χ3v) is 3.32. The van der Waals surface area contributed by atoms with Gasteiger partial charge in [-0.1, -0.05) is 24.6 Å². The molecule has 1 heterocycles. The fourth-order valence-corrected chi connectivity index (χ4v) is 2.26. The van der Waals surface area contributed by atoms with Crippen LogP contribution in [0.3, 0.4) is 0 Å². The number of halogens is 2. The molecule has 1 aromatic carbocycles. The van der Waals surface area contributed by atoms with E-state index >= 15 is 0 Å². The van der Waals surface area contributed by atoms with Crippen LogP contribution in [-0.2, 0) is 6.42 Å². The van der Waals surface area contributed by atoms with Crippen LogP contribution in [0.25, 0.3) is 11.0 Å². The molecule has 4 heteroatoms. The van der Waals surface area contributed by atoms with Crippen LogP contribution in [0.1, 0.15) is 12.7 Å². The molecule has 0 amide bonds. The van der Waals surface area contributed by atoms with Crippen molar-refractivity contribution in [2.75, 3.05) is 0 Å². The summed E-state index contributed by atoms with van der Waals surface area (Å²) in [5, 5.41) is 0.854. The lowest BCUT2D eigenvalue weighted by molar-refractivity contribution is 0.539. The summed E-state index contributed by atoms with van der Waals surface area (Å²) in [6.07, 6.45) is 0.665. The van der Waals surface area contributed by atoms with Crippen molar-refractivity contribution in [1.82, 2.24) is 0 Å². The zero-order valence-corrected chi connectivity index (χ0v) is 10.4. The highest BCUT2D eigenvalue weighted by Gasteiger charge is 2.12. The number of fused-ring (bicyclic) bond motifs is 1. The number of aryl methyl sites for hydroxylation is 1. The first-order chi connectivity index (χ1) is 7.15. The smallest absolute Gasteiger partial charge is 0.208 e. The number of rotatable bonds is 1. The summed E-state index contributed by atoms with van der Waals surface area (Å²) in [7, 11) is 0. The molecule has 0 saturated heterocycles. The highest BCUT2D eigenvalue weighted by molar-refractivity contribution is 9.10. The Morgan fingerprint density at radius 2 is 2.20 bits per heavy atom.